The van der Waals surface area contributed by atoms with Crippen LogP contribution in [-0.2, 0) is 30.4 Å². The predicted octanol–water partition coefficient (Wildman–Crippen LogP) is -1.03. The average Bonchev–Trinajstić information content (AvgIpc) is 2.75. The molecule has 0 radical (unpaired) electrons. The first-order valence-electron chi connectivity index (χ1n) is 10.9. The Bertz CT molecular complexity index is 877. The first-order chi connectivity index (χ1) is 16.9. The van der Waals surface area contributed by atoms with Gasteiger partial charge in [0, 0.05) is 38.4 Å². The first kappa shape index (κ1) is 30.3. The normalized spacial score (nSPS) is 12.0. The van der Waals surface area contributed by atoms with Crippen LogP contribution < -0.4 is 5.32 Å². The zero-order valence-corrected chi connectivity index (χ0v) is 19.9. The lowest BCUT2D eigenvalue weighted by molar-refractivity contribution is -0.144. The van der Waals surface area contributed by atoms with E-state index in [2.05, 4.69) is 5.32 Å². The minimum Gasteiger partial charge on any atom is -0.480 e. The molecule has 1 atom stereocenters. The SMILES string of the molecule is CNc1ccc(CC(CN(CCN(CC(=O)O)CC(=O)O)CC(=O)O)N(CC(=O)O)CC(=O)O)cc1. The lowest BCUT2D eigenvalue weighted by Gasteiger charge is -2.34. The van der Waals surface area contributed by atoms with Crippen LogP contribution in [0.25, 0.3) is 0 Å². The maximum absolute atomic E-state index is 11.5. The van der Waals surface area contributed by atoms with Crippen LogP contribution >= 0.6 is 0 Å². The molecule has 0 aliphatic rings. The fourth-order valence-corrected chi connectivity index (χ4v) is 3.65. The van der Waals surface area contributed by atoms with E-state index in [0.717, 1.165) is 16.2 Å². The number of anilines is 1. The topological polar surface area (TPSA) is 208 Å². The Labute approximate surface area is 207 Å². The molecule has 0 fully saturated rings. The molecule has 1 rings (SSSR count). The lowest BCUT2D eigenvalue weighted by atomic mass is 10.0. The van der Waals surface area contributed by atoms with Gasteiger partial charge in [0.1, 0.15) is 0 Å². The molecule has 0 amide bonds. The number of aliphatic carboxylic acids is 5. The number of benzene rings is 1. The van der Waals surface area contributed by atoms with Gasteiger partial charge in [-0.05, 0) is 24.1 Å². The van der Waals surface area contributed by atoms with Crippen molar-refractivity contribution in [2.45, 2.75) is 12.5 Å². The summed E-state index contributed by atoms with van der Waals surface area (Å²) in [6, 6.07) is 6.40. The summed E-state index contributed by atoms with van der Waals surface area (Å²) in [6.07, 6.45) is 0.203. The molecule has 36 heavy (non-hydrogen) atoms. The summed E-state index contributed by atoms with van der Waals surface area (Å²) in [5.74, 6) is -6.23. The van der Waals surface area contributed by atoms with E-state index >= 15 is 0 Å². The third-order valence-electron chi connectivity index (χ3n) is 5.19. The van der Waals surface area contributed by atoms with Gasteiger partial charge in [0.15, 0.2) is 0 Å². The van der Waals surface area contributed by atoms with Crippen LogP contribution in [0.2, 0.25) is 0 Å². The van der Waals surface area contributed by atoms with Gasteiger partial charge in [-0.1, -0.05) is 12.1 Å². The van der Waals surface area contributed by atoms with E-state index in [4.69, 9.17) is 10.2 Å². The van der Waals surface area contributed by atoms with Gasteiger partial charge in [-0.25, -0.2) is 0 Å². The number of carboxylic acids is 5. The van der Waals surface area contributed by atoms with Crippen molar-refractivity contribution >= 4 is 35.5 Å². The van der Waals surface area contributed by atoms with E-state index < -0.39 is 68.6 Å². The molecular weight excluding hydrogens is 480 g/mol. The Morgan fingerprint density at radius 3 is 1.53 bits per heavy atom. The molecule has 0 saturated carbocycles. The quantitative estimate of drug-likeness (QED) is 0.131. The molecule has 0 bridgehead atoms. The van der Waals surface area contributed by atoms with Crippen molar-refractivity contribution in [3.63, 3.8) is 0 Å². The summed E-state index contributed by atoms with van der Waals surface area (Å²) >= 11 is 0. The van der Waals surface area contributed by atoms with Gasteiger partial charge >= 0.3 is 29.8 Å². The zero-order valence-electron chi connectivity index (χ0n) is 19.9. The van der Waals surface area contributed by atoms with E-state index in [9.17, 15) is 39.3 Å². The molecule has 1 unspecified atom stereocenters. The number of carboxylic acid groups (broad SMARTS) is 5. The van der Waals surface area contributed by atoms with E-state index in [0.29, 0.717) is 0 Å². The summed E-state index contributed by atoms with van der Waals surface area (Å²) < 4.78 is 0. The van der Waals surface area contributed by atoms with Crippen LogP contribution in [0.1, 0.15) is 5.56 Å². The third kappa shape index (κ3) is 12.6. The molecule has 0 spiro atoms. The standard InChI is InChI=1S/C22H32N4O10/c1-23-16-4-2-15(3-5-16)8-17(26(13-21(33)34)14-22(35)36)9-24(10-18(27)28)6-7-25(11-19(29)30)12-20(31)32/h2-5,17,23H,6-14H2,1H3,(H,27,28)(H,29,30)(H,31,32)(H,33,34)(H,35,36). The van der Waals surface area contributed by atoms with E-state index in [1.54, 1.807) is 31.3 Å². The van der Waals surface area contributed by atoms with Crippen molar-refractivity contribution < 1.29 is 49.5 Å². The number of hydrogen-bond acceptors (Lipinski definition) is 9. The molecule has 0 aliphatic heterocycles. The zero-order chi connectivity index (χ0) is 27.3. The highest BCUT2D eigenvalue weighted by atomic mass is 16.4. The maximum atomic E-state index is 11.5. The summed E-state index contributed by atoms with van der Waals surface area (Å²) in [6.45, 7) is -3.04. The highest BCUT2D eigenvalue weighted by Gasteiger charge is 2.27. The minimum absolute atomic E-state index is 0.0456. The highest BCUT2D eigenvalue weighted by molar-refractivity contribution is 5.73. The smallest absolute Gasteiger partial charge is 0.317 e. The Kier molecular flexibility index (Phi) is 12.9. The lowest BCUT2D eigenvalue weighted by Crippen LogP contribution is -2.51. The van der Waals surface area contributed by atoms with Crippen molar-refractivity contribution in [2.24, 2.45) is 0 Å². The van der Waals surface area contributed by atoms with Gasteiger partial charge in [-0.3, -0.25) is 38.7 Å². The van der Waals surface area contributed by atoms with E-state index in [1.165, 1.54) is 9.80 Å². The molecule has 200 valence electrons. The summed E-state index contributed by atoms with van der Waals surface area (Å²) in [7, 11) is 1.74. The molecule has 1 aromatic rings. The van der Waals surface area contributed by atoms with Crippen LogP contribution in [0.3, 0.4) is 0 Å². The Hall–Kier alpha value is -3.75. The maximum Gasteiger partial charge on any atom is 0.317 e. The number of carbonyl (C=O) groups is 5. The van der Waals surface area contributed by atoms with E-state index in [1.807, 2.05) is 0 Å². The third-order valence-corrected chi connectivity index (χ3v) is 5.19. The van der Waals surface area contributed by atoms with Crippen LogP contribution in [-0.4, -0.2) is 136 Å². The minimum atomic E-state index is -1.26. The second kappa shape index (κ2) is 15.3. The van der Waals surface area contributed by atoms with Crippen LogP contribution in [0.4, 0.5) is 5.69 Å². The van der Waals surface area contributed by atoms with Crippen molar-refractivity contribution in [2.75, 3.05) is 64.7 Å². The van der Waals surface area contributed by atoms with Crippen molar-refractivity contribution in [3.8, 4) is 0 Å². The molecule has 6 N–H and O–H groups in total. The largest absolute Gasteiger partial charge is 0.480 e. The Morgan fingerprint density at radius 1 is 0.694 bits per heavy atom. The van der Waals surface area contributed by atoms with Gasteiger partial charge in [-0.2, -0.15) is 0 Å². The van der Waals surface area contributed by atoms with Crippen molar-refractivity contribution in [1.29, 1.82) is 0 Å². The van der Waals surface area contributed by atoms with Crippen molar-refractivity contribution in [1.82, 2.24) is 14.7 Å². The second-order valence-corrected chi connectivity index (χ2v) is 8.12. The van der Waals surface area contributed by atoms with Crippen LogP contribution in [0.15, 0.2) is 24.3 Å². The molecule has 1 aromatic carbocycles. The monoisotopic (exact) mass is 512 g/mol. The molecule has 0 heterocycles. The summed E-state index contributed by atoms with van der Waals surface area (Å²) in [4.78, 5) is 60.3. The second-order valence-electron chi connectivity index (χ2n) is 8.12. The van der Waals surface area contributed by atoms with E-state index in [-0.39, 0.29) is 26.1 Å². The first-order valence-corrected chi connectivity index (χ1v) is 10.9. The van der Waals surface area contributed by atoms with Gasteiger partial charge in [-0.15, -0.1) is 0 Å². The summed E-state index contributed by atoms with van der Waals surface area (Å²) in [5, 5.41) is 49.1. The number of nitrogens with zero attached hydrogens (tertiary/aromatic N) is 3. The number of hydrogen-bond donors (Lipinski definition) is 6. The van der Waals surface area contributed by atoms with Crippen LogP contribution in [0.5, 0.6) is 0 Å². The number of rotatable bonds is 19. The van der Waals surface area contributed by atoms with Gasteiger partial charge in [0.05, 0.1) is 32.7 Å². The Balaban J connectivity index is 3.20. The van der Waals surface area contributed by atoms with Crippen LogP contribution in [0, 0.1) is 0 Å². The van der Waals surface area contributed by atoms with Gasteiger partial charge in [0.2, 0.25) is 0 Å². The van der Waals surface area contributed by atoms with Gasteiger partial charge < -0.3 is 30.8 Å². The molecule has 14 heteroatoms. The molecule has 14 nitrogen and oxygen atoms in total. The Morgan fingerprint density at radius 2 is 1.11 bits per heavy atom. The molecule has 0 aliphatic carbocycles. The van der Waals surface area contributed by atoms with Gasteiger partial charge in [0.25, 0.3) is 0 Å². The summed E-state index contributed by atoms with van der Waals surface area (Å²) in [5.41, 5.74) is 1.58. The average molecular weight is 513 g/mol. The highest BCUT2D eigenvalue weighted by Crippen LogP contribution is 2.15. The number of nitrogens with one attached hydrogen (secondary N) is 1. The fourth-order valence-electron chi connectivity index (χ4n) is 3.65. The molecule has 0 aromatic heterocycles. The molecular formula is C22H32N4O10. The molecule has 0 saturated heterocycles. The predicted molar refractivity (Wildman–Crippen MR) is 126 cm³/mol. The van der Waals surface area contributed by atoms with Crippen molar-refractivity contribution in [3.05, 3.63) is 29.8 Å². The fraction of sp³-hybridized carbons (Fsp3) is 0.500.